The van der Waals surface area contributed by atoms with Crippen LogP contribution in [0.5, 0.6) is 0 Å². The summed E-state index contributed by atoms with van der Waals surface area (Å²) in [6, 6.07) is 0.843. The Balaban J connectivity index is 1.86. The maximum absolute atomic E-state index is 2.71. The van der Waals surface area contributed by atoms with Crippen LogP contribution in [-0.4, -0.2) is 23.0 Å². The molecule has 0 radical (unpaired) electrons. The van der Waals surface area contributed by atoms with Crippen molar-refractivity contribution in [2.45, 2.75) is 64.5 Å². The number of rotatable bonds is 2. The minimum atomic E-state index is 0.502. The third-order valence-electron chi connectivity index (χ3n) is 4.03. The Morgan fingerprint density at radius 1 is 1.23 bits per heavy atom. The summed E-state index contributed by atoms with van der Waals surface area (Å²) in [7, 11) is 0. The van der Waals surface area contributed by atoms with Gasteiger partial charge in [0.2, 0.25) is 0 Å². The molecule has 0 aromatic heterocycles. The lowest BCUT2D eigenvalue weighted by atomic mass is 9.81. The van der Waals surface area contributed by atoms with Crippen LogP contribution in [-0.2, 0) is 0 Å². The molecule has 0 aromatic carbocycles. The van der Waals surface area contributed by atoms with Crippen molar-refractivity contribution in [3.05, 3.63) is 0 Å². The molecule has 1 aliphatic carbocycles. The Morgan fingerprint density at radius 2 is 1.85 bits per heavy atom. The maximum Gasteiger partial charge on any atom is 0.0170 e. The van der Waals surface area contributed by atoms with Gasteiger partial charge in [-0.1, -0.05) is 12.8 Å². The summed E-state index contributed by atoms with van der Waals surface area (Å²) in [5.74, 6) is 1.02. The van der Waals surface area contributed by atoms with Crippen molar-refractivity contribution in [3.8, 4) is 0 Å². The van der Waals surface area contributed by atoms with Gasteiger partial charge in [-0.25, -0.2) is 0 Å². The molecule has 1 heterocycles. The Bertz CT molecular complexity index is 180. The summed E-state index contributed by atoms with van der Waals surface area (Å²) in [5, 5.41) is 0. The van der Waals surface area contributed by atoms with E-state index in [9.17, 15) is 0 Å². The quantitative estimate of drug-likeness (QED) is 0.633. The van der Waals surface area contributed by atoms with Gasteiger partial charge in [-0.15, -0.1) is 0 Å². The highest BCUT2D eigenvalue weighted by atomic mass is 15.3. The van der Waals surface area contributed by atoms with Gasteiger partial charge in [0.25, 0.3) is 0 Å². The lowest BCUT2D eigenvalue weighted by Crippen LogP contribution is -2.62. The largest absolute Gasteiger partial charge is 0.295 e. The van der Waals surface area contributed by atoms with Crippen LogP contribution >= 0.6 is 0 Å². The first kappa shape index (κ1) is 9.51. The topological polar surface area (TPSA) is 3.24 Å². The summed E-state index contributed by atoms with van der Waals surface area (Å²) in [6.07, 6.45) is 7.32. The molecule has 0 aromatic rings. The fraction of sp³-hybridized carbons (Fsp3) is 1.00. The van der Waals surface area contributed by atoms with Crippen LogP contribution in [0.4, 0.5) is 0 Å². The van der Waals surface area contributed by atoms with E-state index < -0.39 is 0 Å². The molecular weight excluding hydrogens is 158 g/mol. The van der Waals surface area contributed by atoms with E-state index in [2.05, 4.69) is 25.7 Å². The molecule has 0 amide bonds. The second-order valence-corrected chi connectivity index (χ2v) is 5.67. The highest BCUT2D eigenvalue weighted by Gasteiger charge is 2.42. The second-order valence-electron chi connectivity index (χ2n) is 5.67. The molecule has 0 spiro atoms. The zero-order valence-electron chi connectivity index (χ0n) is 9.34. The zero-order chi connectivity index (χ0) is 9.47. The van der Waals surface area contributed by atoms with Crippen LogP contribution in [0, 0.1) is 5.92 Å². The predicted molar refractivity (Wildman–Crippen MR) is 56.8 cm³/mol. The van der Waals surface area contributed by atoms with Crippen molar-refractivity contribution in [2.24, 2.45) is 5.92 Å². The number of likely N-dealkylation sites (tertiary alicyclic amines) is 1. The van der Waals surface area contributed by atoms with E-state index in [1.807, 2.05) is 0 Å². The monoisotopic (exact) mass is 181 g/mol. The standard InChI is InChI=1S/C12H23N/c1-10-8-12(2,3)13(10)9-11-6-4-5-7-11/h10-11H,4-9H2,1-3H3. The second kappa shape index (κ2) is 3.27. The highest BCUT2D eigenvalue weighted by molar-refractivity contribution is 4.98. The van der Waals surface area contributed by atoms with Gasteiger partial charge in [-0.3, -0.25) is 4.90 Å². The fourth-order valence-electron chi connectivity index (χ4n) is 3.33. The van der Waals surface area contributed by atoms with Gasteiger partial charge in [-0.05, 0) is 46.0 Å². The smallest absolute Gasteiger partial charge is 0.0170 e. The van der Waals surface area contributed by atoms with Gasteiger partial charge in [-0.2, -0.15) is 0 Å². The van der Waals surface area contributed by atoms with Crippen molar-refractivity contribution in [2.75, 3.05) is 6.54 Å². The van der Waals surface area contributed by atoms with Gasteiger partial charge < -0.3 is 0 Å². The van der Waals surface area contributed by atoms with Crippen LogP contribution in [0.2, 0.25) is 0 Å². The first-order chi connectivity index (χ1) is 6.09. The van der Waals surface area contributed by atoms with Crippen LogP contribution in [0.3, 0.4) is 0 Å². The van der Waals surface area contributed by atoms with Gasteiger partial charge >= 0.3 is 0 Å². The molecule has 76 valence electrons. The van der Waals surface area contributed by atoms with Crippen LogP contribution < -0.4 is 0 Å². The Hall–Kier alpha value is -0.0400. The molecule has 1 saturated heterocycles. The van der Waals surface area contributed by atoms with Crippen LogP contribution in [0.1, 0.15) is 52.9 Å². The van der Waals surface area contributed by atoms with E-state index in [0.717, 1.165) is 12.0 Å². The Labute approximate surface area is 82.5 Å². The molecule has 13 heavy (non-hydrogen) atoms. The van der Waals surface area contributed by atoms with Crippen LogP contribution in [0.25, 0.3) is 0 Å². The van der Waals surface area contributed by atoms with Crippen molar-refractivity contribution in [1.82, 2.24) is 4.90 Å². The van der Waals surface area contributed by atoms with Gasteiger partial charge in [0, 0.05) is 18.1 Å². The zero-order valence-corrected chi connectivity index (χ0v) is 9.34. The average Bonchev–Trinajstić information content (AvgIpc) is 2.51. The first-order valence-corrected chi connectivity index (χ1v) is 5.86. The molecule has 0 N–H and O–H groups in total. The van der Waals surface area contributed by atoms with Gasteiger partial charge in [0.05, 0.1) is 0 Å². The molecule has 1 atom stereocenters. The molecule has 1 heteroatoms. The normalized spacial score (nSPS) is 34.8. The lowest BCUT2D eigenvalue weighted by molar-refractivity contribution is -0.0505. The Kier molecular flexibility index (Phi) is 2.39. The van der Waals surface area contributed by atoms with Gasteiger partial charge in [0.15, 0.2) is 0 Å². The molecule has 0 bridgehead atoms. The summed E-state index contributed by atoms with van der Waals surface area (Å²) in [5.41, 5.74) is 0.502. The van der Waals surface area contributed by atoms with Crippen molar-refractivity contribution < 1.29 is 0 Å². The summed E-state index contributed by atoms with van der Waals surface area (Å²) >= 11 is 0. The lowest BCUT2D eigenvalue weighted by Gasteiger charge is -2.55. The molecular formula is C12H23N. The molecule has 1 saturated carbocycles. The SMILES string of the molecule is CC1CC(C)(C)N1CC1CCCC1. The van der Waals surface area contributed by atoms with E-state index >= 15 is 0 Å². The van der Waals surface area contributed by atoms with Gasteiger partial charge in [0.1, 0.15) is 0 Å². The van der Waals surface area contributed by atoms with E-state index in [-0.39, 0.29) is 0 Å². The van der Waals surface area contributed by atoms with E-state index in [1.165, 1.54) is 38.6 Å². The molecule has 2 rings (SSSR count). The predicted octanol–water partition coefficient (Wildman–Crippen LogP) is 3.05. The summed E-state index contributed by atoms with van der Waals surface area (Å²) in [4.78, 5) is 2.71. The Morgan fingerprint density at radius 3 is 2.31 bits per heavy atom. The maximum atomic E-state index is 2.71. The van der Waals surface area contributed by atoms with Crippen molar-refractivity contribution in [3.63, 3.8) is 0 Å². The molecule has 2 aliphatic rings. The van der Waals surface area contributed by atoms with E-state index in [0.29, 0.717) is 5.54 Å². The number of hydrogen-bond donors (Lipinski definition) is 0. The number of hydrogen-bond acceptors (Lipinski definition) is 1. The molecule has 1 aliphatic heterocycles. The summed E-state index contributed by atoms with van der Waals surface area (Å²) < 4.78 is 0. The highest BCUT2D eigenvalue weighted by Crippen LogP contribution is 2.38. The molecule has 1 unspecified atom stereocenters. The van der Waals surface area contributed by atoms with Crippen molar-refractivity contribution in [1.29, 1.82) is 0 Å². The first-order valence-electron chi connectivity index (χ1n) is 5.86. The molecule has 1 nitrogen and oxygen atoms in total. The van der Waals surface area contributed by atoms with E-state index in [1.54, 1.807) is 0 Å². The van der Waals surface area contributed by atoms with E-state index in [4.69, 9.17) is 0 Å². The third-order valence-corrected chi connectivity index (χ3v) is 4.03. The molecule has 2 fully saturated rings. The number of nitrogens with zero attached hydrogens (tertiary/aromatic N) is 1. The minimum Gasteiger partial charge on any atom is -0.295 e. The minimum absolute atomic E-state index is 0.502. The summed E-state index contributed by atoms with van der Waals surface area (Å²) in [6.45, 7) is 8.53. The third kappa shape index (κ3) is 1.76. The average molecular weight is 181 g/mol. The fourth-order valence-corrected chi connectivity index (χ4v) is 3.33. The van der Waals surface area contributed by atoms with Crippen molar-refractivity contribution >= 4 is 0 Å². The van der Waals surface area contributed by atoms with Crippen LogP contribution in [0.15, 0.2) is 0 Å².